The topological polar surface area (TPSA) is 78.5 Å². The summed E-state index contributed by atoms with van der Waals surface area (Å²) in [6, 6.07) is 7.42. The van der Waals surface area contributed by atoms with E-state index in [1.165, 1.54) is 16.9 Å². The molecule has 8 heteroatoms. The first-order valence-corrected chi connectivity index (χ1v) is 13.1. The second-order valence-electron chi connectivity index (χ2n) is 9.70. The summed E-state index contributed by atoms with van der Waals surface area (Å²) >= 11 is 1.69. The molecular weight excluding hydrogens is 448 g/mol. The third-order valence-corrected chi connectivity index (χ3v) is 7.78. The van der Waals surface area contributed by atoms with Crippen molar-refractivity contribution < 1.29 is 9.53 Å². The Hall–Kier alpha value is -2.71. The summed E-state index contributed by atoms with van der Waals surface area (Å²) in [6.45, 7) is 8.30. The summed E-state index contributed by atoms with van der Waals surface area (Å²) < 4.78 is 5.72. The van der Waals surface area contributed by atoms with Crippen molar-refractivity contribution in [2.24, 2.45) is 5.92 Å². The van der Waals surface area contributed by atoms with Crippen LogP contribution in [0.1, 0.15) is 53.3 Å². The molecule has 7 nitrogen and oxygen atoms in total. The van der Waals surface area contributed by atoms with Crippen LogP contribution in [-0.4, -0.2) is 58.5 Å². The van der Waals surface area contributed by atoms with E-state index in [0.717, 1.165) is 48.3 Å². The average molecular weight is 481 g/mol. The summed E-state index contributed by atoms with van der Waals surface area (Å²) in [5.41, 5.74) is 1.90. The quantitative estimate of drug-likeness (QED) is 0.580. The van der Waals surface area contributed by atoms with E-state index in [1.807, 2.05) is 29.2 Å². The number of hydrogen-bond acceptors (Lipinski definition) is 6. The van der Waals surface area contributed by atoms with Crippen LogP contribution in [0, 0.1) is 5.92 Å². The second kappa shape index (κ2) is 9.88. The van der Waals surface area contributed by atoms with Gasteiger partial charge in [0.05, 0.1) is 18.5 Å². The maximum atomic E-state index is 12.9. The molecule has 1 aliphatic heterocycles. The smallest absolute Gasteiger partial charge is 0.259 e. The minimum Gasteiger partial charge on any atom is -0.493 e. The van der Waals surface area contributed by atoms with Gasteiger partial charge in [0.25, 0.3) is 11.5 Å². The van der Waals surface area contributed by atoms with E-state index in [-0.39, 0.29) is 11.5 Å². The van der Waals surface area contributed by atoms with Gasteiger partial charge in [-0.1, -0.05) is 13.8 Å². The van der Waals surface area contributed by atoms with Gasteiger partial charge in [-0.3, -0.25) is 14.5 Å². The maximum absolute atomic E-state index is 12.9. The van der Waals surface area contributed by atoms with Crippen molar-refractivity contribution in [3.63, 3.8) is 0 Å². The van der Waals surface area contributed by atoms with Crippen molar-refractivity contribution in [1.29, 1.82) is 0 Å². The Labute approximate surface area is 203 Å². The van der Waals surface area contributed by atoms with Gasteiger partial charge in [0.2, 0.25) is 0 Å². The van der Waals surface area contributed by atoms with Crippen molar-refractivity contribution in [2.45, 2.75) is 46.1 Å². The molecule has 0 saturated carbocycles. The number of nitrogens with zero attached hydrogens (tertiary/aromatic N) is 3. The van der Waals surface area contributed by atoms with E-state index >= 15 is 0 Å². The Morgan fingerprint density at radius 2 is 1.85 bits per heavy atom. The first-order chi connectivity index (χ1) is 16.5. The number of amides is 1. The van der Waals surface area contributed by atoms with Crippen LogP contribution in [0.5, 0.6) is 5.75 Å². The van der Waals surface area contributed by atoms with E-state index in [0.29, 0.717) is 43.5 Å². The van der Waals surface area contributed by atoms with Crippen molar-refractivity contribution in [3.8, 4) is 5.75 Å². The number of H-pyrrole nitrogens is 1. The summed E-state index contributed by atoms with van der Waals surface area (Å²) in [6.07, 6.45) is 4.40. The van der Waals surface area contributed by atoms with Gasteiger partial charge in [-0.2, -0.15) is 0 Å². The normalized spacial score (nSPS) is 16.7. The first kappa shape index (κ1) is 23.1. The zero-order valence-electron chi connectivity index (χ0n) is 19.9. The molecular formula is C26H32N4O3S. The van der Waals surface area contributed by atoms with Gasteiger partial charge in [-0.05, 0) is 61.4 Å². The molecule has 1 aromatic carbocycles. The number of benzene rings is 1. The minimum absolute atomic E-state index is 0.00552. The van der Waals surface area contributed by atoms with Crippen molar-refractivity contribution in [1.82, 2.24) is 19.8 Å². The highest BCUT2D eigenvalue weighted by Crippen LogP contribution is 2.33. The molecule has 1 amide bonds. The molecule has 1 N–H and O–H groups in total. The summed E-state index contributed by atoms with van der Waals surface area (Å²) in [7, 11) is 0. The van der Waals surface area contributed by atoms with Gasteiger partial charge in [0.1, 0.15) is 16.4 Å². The van der Waals surface area contributed by atoms with Crippen LogP contribution in [0.3, 0.4) is 0 Å². The predicted molar refractivity (Wildman–Crippen MR) is 135 cm³/mol. The van der Waals surface area contributed by atoms with Gasteiger partial charge in [-0.25, -0.2) is 4.98 Å². The number of carbonyl (C=O) groups is 1. The fraction of sp³-hybridized carbons (Fsp3) is 0.500. The molecule has 0 bridgehead atoms. The lowest BCUT2D eigenvalue weighted by molar-refractivity contribution is 0.0625. The average Bonchev–Trinajstić information content (AvgIpc) is 3.22. The Bertz CT molecular complexity index is 1220. The monoisotopic (exact) mass is 480 g/mol. The highest BCUT2D eigenvalue weighted by Gasteiger charge is 2.24. The largest absolute Gasteiger partial charge is 0.493 e. The molecule has 0 spiro atoms. The summed E-state index contributed by atoms with van der Waals surface area (Å²) in [5.74, 6) is 2.02. The summed E-state index contributed by atoms with van der Waals surface area (Å²) in [5, 5.41) is 0.805. The molecule has 2 aliphatic rings. The number of nitrogens with one attached hydrogen (secondary N) is 1. The van der Waals surface area contributed by atoms with Crippen LogP contribution in [0.25, 0.3) is 10.2 Å². The van der Waals surface area contributed by atoms with Crippen molar-refractivity contribution >= 4 is 27.5 Å². The zero-order valence-corrected chi connectivity index (χ0v) is 20.7. The van der Waals surface area contributed by atoms with E-state index in [4.69, 9.17) is 9.72 Å². The number of thiophene rings is 1. The van der Waals surface area contributed by atoms with E-state index in [2.05, 4.69) is 23.7 Å². The Morgan fingerprint density at radius 1 is 1.12 bits per heavy atom. The molecule has 34 heavy (non-hydrogen) atoms. The number of aromatic amines is 1. The van der Waals surface area contributed by atoms with Crippen LogP contribution in [0.15, 0.2) is 29.1 Å². The Kier molecular flexibility index (Phi) is 6.70. The molecule has 1 aliphatic carbocycles. The molecule has 3 aromatic rings. The number of aromatic nitrogens is 2. The number of carbonyl (C=O) groups excluding carboxylic acids is 1. The number of ether oxygens (including phenoxy) is 1. The third kappa shape index (κ3) is 4.88. The van der Waals surface area contributed by atoms with Crippen LogP contribution in [-0.2, 0) is 19.4 Å². The van der Waals surface area contributed by atoms with Crippen molar-refractivity contribution in [2.75, 3.05) is 32.8 Å². The number of hydrogen-bond donors (Lipinski definition) is 1. The van der Waals surface area contributed by atoms with E-state index in [1.54, 1.807) is 11.3 Å². The molecule has 3 heterocycles. The fourth-order valence-electron chi connectivity index (χ4n) is 4.74. The molecule has 180 valence electrons. The fourth-order valence-corrected chi connectivity index (χ4v) is 6.02. The molecule has 5 rings (SSSR count). The summed E-state index contributed by atoms with van der Waals surface area (Å²) in [4.78, 5) is 39.9. The highest BCUT2D eigenvalue weighted by atomic mass is 32.1. The molecule has 2 aromatic heterocycles. The zero-order chi connectivity index (χ0) is 23.7. The third-order valence-electron chi connectivity index (χ3n) is 6.59. The van der Waals surface area contributed by atoms with E-state index < -0.39 is 0 Å². The molecule has 0 unspecified atom stereocenters. The minimum atomic E-state index is -0.00552. The van der Waals surface area contributed by atoms with Crippen LogP contribution >= 0.6 is 11.3 Å². The van der Waals surface area contributed by atoms with Gasteiger partial charge in [0, 0.05) is 36.6 Å². The lowest BCUT2D eigenvalue weighted by Gasteiger charge is -2.34. The van der Waals surface area contributed by atoms with Gasteiger partial charge in [-0.15, -0.1) is 11.3 Å². The molecule has 1 saturated heterocycles. The number of piperazine rings is 1. The number of fused-ring (bicyclic) bond motifs is 3. The maximum Gasteiger partial charge on any atom is 0.259 e. The first-order valence-electron chi connectivity index (χ1n) is 12.3. The lowest BCUT2D eigenvalue weighted by Crippen LogP contribution is -2.48. The molecule has 1 fully saturated rings. The van der Waals surface area contributed by atoms with Gasteiger partial charge in [0.15, 0.2) is 0 Å². The molecule has 0 radical (unpaired) electrons. The van der Waals surface area contributed by atoms with Gasteiger partial charge < -0.3 is 14.6 Å². The van der Waals surface area contributed by atoms with Crippen LogP contribution in [0.4, 0.5) is 0 Å². The Balaban J connectivity index is 1.19. The van der Waals surface area contributed by atoms with Crippen LogP contribution < -0.4 is 10.3 Å². The predicted octanol–water partition coefficient (Wildman–Crippen LogP) is 3.86. The highest BCUT2D eigenvalue weighted by molar-refractivity contribution is 7.18. The Morgan fingerprint density at radius 3 is 2.59 bits per heavy atom. The van der Waals surface area contributed by atoms with Crippen molar-refractivity contribution in [3.05, 3.63) is 56.4 Å². The van der Waals surface area contributed by atoms with Gasteiger partial charge >= 0.3 is 0 Å². The number of aryl methyl sites for hydroxylation is 2. The second-order valence-corrected chi connectivity index (χ2v) is 10.8. The standard InChI is InChI=1S/C26H32N4O3S/c1-17(2)16-33-19-9-7-18(8-10-19)26(32)30-13-11-29(12-14-30)15-22-27-24(31)23-20-5-3-4-6-21(20)34-25(23)28-22/h7-10,17H,3-6,11-16H2,1-2H3,(H,27,28,31). The van der Waals surface area contributed by atoms with E-state index in [9.17, 15) is 9.59 Å². The SMILES string of the molecule is CC(C)COc1ccc(C(=O)N2CCN(Cc3nc4sc5c(c4c(=O)[nH]3)CCCC5)CC2)cc1. The molecule has 0 atom stereocenters. The number of rotatable bonds is 6. The van der Waals surface area contributed by atoms with Crippen LogP contribution in [0.2, 0.25) is 0 Å². The lowest BCUT2D eigenvalue weighted by atomic mass is 9.97.